The van der Waals surface area contributed by atoms with Crippen molar-refractivity contribution in [3.8, 4) is 5.69 Å². The van der Waals surface area contributed by atoms with Crippen LogP contribution < -0.4 is 5.32 Å². The summed E-state index contributed by atoms with van der Waals surface area (Å²) in [6.45, 7) is 5.05. The zero-order chi connectivity index (χ0) is 12.8. The molecule has 0 amide bonds. The van der Waals surface area contributed by atoms with Crippen LogP contribution >= 0.6 is 0 Å². The fourth-order valence-electron chi connectivity index (χ4n) is 1.90. The van der Waals surface area contributed by atoms with Gasteiger partial charge in [0.05, 0.1) is 12.2 Å². The van der Waals surface area contributed by atoms with Gasteiger partial charge >= 0.3 is 0 Å². The standard InChI is InChI=1S/C13H19N5/c1-3-11(4-2)14-10-13-15-16-17-18(13)12-8-6-5-7-9-12/h5-9,11,14H,3-4,10H2,1-2H3. The third-order valence-corrected chi connectivity index (χ3v) is 3.07. The van der Waals surface area contributed by atoms with Gasteiger partial charge in [0.25, 0.3) is 0 Å². The van der Waals surface area contributed by atoms with Crippen LogP contribution in [0.15, 0.2) is 30.3 Å². The Morgan fingerprint density at radius 2 is 1.89 bits per heavy atom. The highest BCUT2D eigenvalue weighted by atomic mass is 15.5. The van der Waals surface area contributed by atoms with Crippen LogP contribution in [0.2, 0.25) is 0 Å². The highest BCUT2D eigenvalue weighted by Gasteiger charge is 2.09. The van der Waals surface area contributed by atoms with Crippen molar-refractivity contribution in [3.05, 3.63) is 36.2 Å². The molecule has 0 aliphatic rings. The van der Waals surface area contributed by atoms with Crippen LogP contribution in [0, 0.1) is 0 Å². The SMILES string of the molecule is CCC(CC)NCc1nnnn1-c1ccccc1. The number of tetrazole rings is 1. The molecule has 0 fully saturated rings. The summed E-state index contributed by atoms with van der Waals surface area (Å²) >= 11 is 0. The topological polar surface area (TPSA) is 55.6 Å². The molecule has 1 N–H and O–H groups in total. The van der Waals surface area contributed by atoms with Crippen molar-refractivity contribution in [3.63, 3.8) is 0 Å². The number of para-hydroxylation sites is 1. The molecule has 1 aromatic carbocycles. The van der Waals surface area contributed by atoms with Gasteiger partial charge in [-0.2, -0.15) is 4.68 Å². The Hall–Kier alpha value is -1.75. The van der Waals surface area contributed by atoms with Gasteiger partial charge in [-0.15, -0.1) is 5.10 Å². The fourth-order valence-corrected chi connectivity index (χ4v) is 1.90. The second-order valence-electron chi connectivity index (χ2n) is 4.24. The smallest absolute Gasteiger partial charge is 0.170 e. The predicted molar refractivity (Wildman–Crippen MR) is 70.4 cm³/mol. The minimum absolute atomic E-state index is 0.519. The molecule has 0 aliphatic carbocycles. The first-order valence-corrected chi connectivity index (χ1v) is 6.41. The lowest BCUT2D eigenvalue weighted by atomic mass is 10.2. The van der Waals surface area contributed by atoms with Gasteiger partial charge in [-0.05, 0) is 35.4 Å². The molecular weight excluding hydrogens is 226 g/mol. The lowest BCUT2D eigenvalue weighted by Gasteiger charge is -2.14. The van der Waals surface area contributed by atoms with Crippen molar-refractivity contribution in [2.75, 3.05) is 0 Å². The van der Waals surface area contributed by atoms with Crippen molar-refractivity contribution >= 4 is 0 Å². The minimum Gasteiger partial charge on any atom is -0.307 e. The second-order valence-corrected chi connectivity index (χ2v) is 4.24. The molecular formula is C13H19N5. The summed E-state index contributed by atoms with van der Waals surface area (Å²) in [7, 11) is 0. The lowest BCUT2D eigenvalue weighted by Crippen LogP contribution is -2.28. The third-order valence-electron chi connectivity index (χ3n) is 3.07. The van der Waals surface area contributed by atoms with Gasteiger partial charge < -0.3 is 5.32 Å². The van der Waals surface area contributed by atoms with Crippen molar-refractivity contribution < 1.29 is 0 Å². The number of nitrogens with zero attached hydrogens (tertiary/aromatic N) is 4. The molecule has 5 nitrogen and oxygen atoms in total. The van der Waals surface area contributed by atoms with E-state index in [-0.39, 0.29) is 0 Å². The van der Waals surface area contributed by atoms with E-state index in [2.05, 4.69) is 34.7 Å². The number of nitrogens with one attached hydrogen (secondary N) is 1. The summed E-state index contributed by atoms with van der Waals surface area (Å²) in [6.07, 6.45) is 2.23. The largest absolute Gasteiger partial charge is 0.307 e. The number of benzene rings is 1. The van der Waals surface area contributed by atoms with Crippen molar-refractivity contribution in [1.29, 1.82) is 0 Å². The Balaban J connectivity index is 2.09. The summed E-state index contributed by atoms with van der Waals surface area (Å²) in [5, 5.41) is 15.3. The van der Waals surface area contributed by atoms with Crippen LogP contribution in [0.25, 0.3) is 5.69 Å². The lowest BCUT2D eigenvalue weighted by molar-refractivity contribution is 0.472. The number of aromatic nitrogens is 4. The highest BCUT2D eigenvalue weighted by Crippen LogP contribution is 2.07. The van der Waals surface area contributed by atoms with Gasteiger partial charge in [-0.25, -0.2) is 0 Å². The molecule has 0 spiro atoms. The monoisotopic (exact) mass is 245 g/mol. The van der Waals surface area contributed by atoms with Crippen molar-refractivity contribution in [1.82, 2.24) is 25.5 Å². The molecule has 0 unspecified atom stereocenters. The van der Waals surface area contributed by atoms with Crippen LogP contribution in [0.5, 0.6) is 0 Å². The first-order valence-electron chi connectivity index (χ1n) is 6.41. The average Bonchev–Trinajstić information content (AvgIpc) is 2.89. The quantitative estimate of drug-likeness (QED) is 0.845. The van der Waals surface area contributed by atoms with Crippen LogP contribution in [-0.4, -0.2) is 26.2 Å². The van der Waals surface area contributed by atoms with Crippen LogP contribution in [0.1, 0.15) is 32.5 Å². The van der Waals surface area contributed by atoms with Gasteiger partial charge in [0.1, 0.15) is 0 Å². The molecule has 0 aliphatic heterocycles. The van der Waals surface area contributed by atoms with E-state index < -0.39 is 0 Å². The molecule has 1 aromatic heterocycles. The van der Waals surface area contributed by atoms with E-state index in [4.69, 9.17) is 0 Å². The second kappa shape index (κ2) is 6.26. The maximum atomic E-state index is 4.07. The molecule has 0 atom stereocenters. The molecule has 0 saturated heterocycles. The molecule has 2 aromatic rings. The Kier molecular flexibility index (Phi) is 4.41. The zero-order valence-electron chi connectivity index (χ0n) is 10.9. The molecule has 5 heteroatoms. The van der Waals surface area contributed by atoms with Gasteiger partial charge in [0.2, 0.25) is 0 Å². The van der Waals surface area contributed by atoms with Crippen molar-refractivity contribution in [2.45, 2.75) is 39.3 Å². The Morgan fingerprint density at radius 3 is 2.56 bits per heavy atom. The van der Waals surface area contributed by atoms with Gasteiger partial charge in [-0.3, -0.25) is 0 Å². The Morgan fingerprint density at radius 1 is 1.17 bits per heavy atom. The zero-order valence-corrected chi connectivity index (χ0v) is 10.9. The predicted octanol–water partition coefficient (Wildman–Crippen LogP) is 1.94. The molecule has 0 bridgehead atoms. The third kappa shape index (κ3) is 2.92. The fraction of sp³-hybridized carbons (Fsp3) is 0.462. The van der Waals surface area contributed by atoms with E-state index in [0.717, 1.165) is 24.4 Å². The highest BCUT2D eigenvalue weighted by molar-refractivity contribution is 5.30. The number of rotatable bonds is 6. The average molecular weight is 245 g/mol. The first-order chi connectivity index (χ1) is 8.85. The maximum Gasteiger partial charge on any atom is 0.170 e. The van der Waals surface area contributed by atoms with Crippen LogP contribution in [0.3, 0.4) is 0 Å². The molecule has 96 valence electrons. The summed E-state index contributed by atoms with van der Waals surface area (Å²) in [4.78, 5) is 0. The van der Waals surface area contributed by atoms with Crippen molar-refractivity contribution in [2.24, 2.45) is 0 Å². The molecule has 0 radical (unpaired) electrons. The molecule has 0 saturated carbocycles. The van der Waals surface area contributed by atoms with E-state index >= 15 is 0 Å². The van der Waals surface area contributed by atoms with E-state index in [1.807, 2.05) is 30.3 Å². The van der Waals surface area contributed by atoms with E-state index in [1.165, 1.54) is 0 Å². The summed E-state index contributed by atoms with van der Waals surface area (Å²) in [6, 6.07) is 10.5. The Bertz CT molecular complexity index is 461. The van der Waals surface area contributed by atoms with Gasteiger partial charge in [0.15, 0.2) is 5.82 Å². The minimum atomic E-state index is 0.519. The van der Waals surface area contributed by atoms with E-state index in [1.54, 1.807) is 4.68 Å². The number of hydrogen-bond acceptors (Lipinski definition) is 4. The number of hydrogen-bond donors (Lipinski definition) is 1. The summed E-state index contributed by atoms with van der Waals surface area (Å²) in [5.74, 6) is 0.841. The van der Waals surface area contributed by atoms with Crippen LogP contribution in [-0.2, 0) is 6.54 Å². The van der Waals surface area contributed by atoms with E-state index in [0.29, 0.717) is 12.6 Å². The summed E-state index contributed by atoms with van der Waals surface area (Å²) < 4.78 is 1.77. The van der Waals surface area contributed by atoms with E-state index in [9.17, 15) is 0 Å². The Labute approximate surface area is 107 Å². The molecule has 18 heavy (non-hydrogen) atoms. The molecule has 2 rings (SSSR count). The van der Waals surface area contributed by atoms with Gasteiger partial charge in [0, 0.05) is 6.04 Å². The molecule has 1 heterocycles. The normalized spacial score (nSPS) is 11.1. The van der Waals surface area contributed by atoms with Gasteiger partial charge in [-0.1, -0.05) is 32.0 Å². The van der Waals surface area contributed by atoms with Crippen LogP contribution in [0.4, 0.5) is 0 Å². The first kappa shape index (κ1) is 12.7. The summed E-state index contributed by atoms with van der Waals surface area (Å²) in [5.41, 5.74) is 0.990. The maximum absolute atomic E-state index is 4.07.